The highest BCUT2D eigenvalue weighted by atomic mass is 32.2. The summed E-state index contributed by atoms with van der Waals surface area (Å²) in [4.78, 5) is 22.3. The molecular weight excluding hydrogens is 292 g/mol. The first-order valence-corrected chi connectivity index (χ1v) is 8.69. The number of nitrogens with zero attached hydrogens (tertiary/aromatic N) is 3. The molecule has 21 heavy (non-hydrogen) atoms. The third kappa shape index (κ3) is 4.96. The molecule has 0 spiro atoms. The summed E-state index contributed by atoms with van der Waals surface area (Å²) in [5.41, 5.74) is 0.780. The van der Waals surface area contributed by atoms with Crippen molar-refractivity contribution in [2.45, 2.75) is 19.8 Å². The minimum Gasteiger partial charge on any atom is -0.385 e. The number of carbonyl (C=O) groups excluding carboxylic acids is 1. The Morgan fingerprint density at radius 3 is 2.52 bits per heavy atom. The second kappa shape index (κ2) is 6.84. The predicted molar refractivity (Wildman–Crippen MR) is 82.3 cm³/mol. The highest BCUT2D eigenvalue weighted by Crippen LogP contribution is 2.17. The number of anilines is 1. The van der Waals surface area contributed by atoms with Gasteiger partial charge >= 0.3 is 0 Å². The Balaban J connectivity index is 3.01. The zero-order valence-electron chi connectivity index (χ0n) is 13.0. The molecule has 1 amide bonds. The van der Waals surface area contributed by atoms with Gasteiger partial charge in [0.05, 0.1) is 17.6 Å². The van der Waals surface area contributed by atoms with Crippen LogP contribution in [0.4, 0.5) is 5.69 Å². The number of carbonyl (C=O) groups is 1. The molecular formula is C13H22N4O3S. The minimum absolute atomic E-state index is 0.0771. The number of aromatic nitrogens is 2. The maximum Gasteiger partial charge on any atom is 0.274 e. The van der Waals surface area contributed by atoms with Gasteiger partial charge in [0.15, 0.2) is 5.69 Å². The normalized spacial score (nSPS) is 11.5. The summed E-state index contributed by atoms with van der Waals surface area (Å²) >= 11 is 0. The molecule has 0 unspecified atom stereocenters. The number of sulfone groups is 1. The lowest BCUT2D eigenvalue weighted by Gasteiger charge is -2.18. The van der Waals surface area contributed by atoms with Crippen molar-refractivity contribution in [2.24, 2.45) is 0 Å². The molecule has 0 aromatic carbocycles. The summed E-state index contributed by atoms with van der Waals surface area (Å²) < 4.78 is 22.4. The van der Waals surface area contributed by atoms with Gasteiger partial charge in [0.2, 0.25) is 0 Å². The van der Waals surface area contributed by atoms with E-state index in [1.165, 1.54) is 4.90 Å². The largest absolute Gasteiger partial charge is 0.385 e. The van der Waals surface area contributed by atoms with Gasteiger partial charge in [-0.3, -0.25) is 4.79 Å². The molecule has 8 heteroatoms. The quantitative estimate of drug-likeness (QED) is 0.833. The van der Waals surface area contributed by atoms with E-state index >= 15 is 0 Å². The molecule has 0 aliphatic rings. The van der Waals surface area contributed by atoms with E-state index < -0.39 is 9.84 Å². The fourth-order valence-corrected chi connectivity index (χ4v) is 2.21. The lowest BCUT2D eigenvalue weighted by Crippen LogP contribution is -2.32. The highest BCUT2D eigenvalue weighted by molar-refractivity contribution is 7.90. The van der Waals surface area contributed by atoms with Gasteiger partial charge in [-0.25, -0.2) is 18.4 Å². The van der Waals surface area contributed by atoms with E-state index in [0.717, 1.165) is 6.26 Å². The van der Waals surface area contributed by atoms with Gasteiger partial charge in [0, 0.05) is 32.8 Å². The van der Waals surface area contributed by atoms with Crippen molar-refractivity contribution in [3.8, 4) is 0 Å². The van der Waals surface area contributed by atoms with E-state index in [1.54, 1.807) is 20.3 Å². The Morgan fingerprint density at radius 2 is 2.05 bits per heavy atom. The fourth-order valence-electron chi connectivity index (χ4n) is 1.60. The van der Waals surface area contributed by atoms with Gasteiger partial charge in [-0.2, -0.15) is 0 Å². The average Bonchev–Trinajstić information content (AvgIpc) is 2.42. The molecule has 0 saturated carbocycles. The molecule has 0 fully saturated rings. The van der Waals surface area contributed by atoms with E-state index in [0.29, 0.717) is 11.5 Å². The number of amides is 1. The zero-order chi connectivity index (χ0) is 16.2. The predicted octanol–water partition coefficient (Wildman–Crippen LogP) is 0.758. The summed E-state index contributed by atoms with van der Waals surface area (Å²) in [6.45, 7) is 4.01. The van der Waals surface area contributed by atoms with Crippen molar-refractivity contribution in [3.63, 3.8) is 0 Å². The molecule has 1 aromatic rings. The Bertz CT molecular complexity index is 614. The smallest absolute Gasteiger partial charge is 0.274 e. The standard InChI is InChI=1S/C13H22N4O3S/c1-9(2)12-15-8-10(14-3)11(16-12)13(18)17(4)6-7-21(5,19)20/h8-9,14H,6-7H2,1-5H3. The SMILES string of the molecule is CNc1cnc(C(C)C)nc1C(=O)N(C)CCS(C)(=O)=O. The van der Waals surface area contributed by atoms with E-state index in [4.69, 9.17) is 0 Å². The molecule has 7 nitrogen and oxygen atoms in total. The van der Waals surface area contributed by atoms with Gasteiger partial charge in [0.1, 0.15) is 15.7 Å². The van der Waals surface area contributed by atoms with Crippen LogP contribution in [0.15, 0.2) is 6.20 Å². The lowest BCUT2D eigenvalue weighted by atomic mass is 10.2. The molecule has 1 rings (SSSR count). The van der Waals surface area contributed by atoms with Crippen LogP contribution in [0.5, 0.6) is 0 Å². The topological polar surface area (TPSA) is 92.3 Å². The van der Waals surface area contributed by atoms with Crippen LogP contribution in [0.1, 0.15) is 36.1 Å². The van der Waals surface area contributed by atoms with Gasteiger partial charge in [-0.15, -0.1) is 0 Å². The van der Waals surface area contributed by atoms with Crippen LogP contribution in [-0.2, 0) is 9.84 Å². The van der Waals surface area contributed by atoms with Crippen molar-refractivity contribution in [3.05, 3.63) is 17.7 Å². The molecule has 0 atom stereocenters. The van der Waals surface area contributed by atoms with Crippen LogP contribution in [-0.4, -0.2) is 61.8 Å². The third-order valence-corrected chi connectivity index (χ3v) is 3.86. The van der Waals surface area contributed by atoms with Gasteiger partial charge in [0.25, 0.3) is 5.91 Å². The van der Waals surface area contributed by atoms with Crippen LogP contribution in [0.25, 0.3) is 0 Å². The molecule has 0 aliphatic carbocycles. The maximum atomic E-state index is 12.4. The molecule has 1 N–H and O–H groups in total. The van der Waals surface area contributed by atoms with E-state index in [-0.39, 0.29) is 29.8 Å². The third-order valence-electron chi connectivity index (χ3n) is 2.94. The average molecular weight is 314 g/mol. The van der Waals surface area contributed by atoms with E-state index in [2.05, 4.69) is 15.3 Å². The first-order chi connectivity index (χ1) is 9.65. The van der Waals surface area contributed by atoms with Crippen LogP contribution in [0.3, 0.4) is 0 Å². The number of hydrogen-bond acceptors (Lipinski definition) is 6. The monoisotopic (exact) mass is 314 g/mol. The molecule has 0 saturated heterocycles. The number of nitrogens with one attached hydrogen (secondary N) is 1. The highest BCUT2D eigenvalue weighted by Gasteiger charge is 2.20. The Kier molecular flexibility index (Phi) is 5.65. The minimum atomic E-state index is -3.11. The summed E-state index contributed by atoms with van der Waals surface area (Å²) in [6, 6.07) is 0. The van der Waals surface area contributed by atoms with Crippen LogP contribution >= 0.6 is 0 Å². The molecule has 118 valence electrons. The zero-order valence-corrected chi connectivity index (χ0v) is 13.9. The fraction of sp³-hybridized carbons (Fsp3) is 0.615. The molecule has 1 aromatic heterocycles. The number of hydrogen-bond donors (Lipinski definition) is 1. The summed E-state index contributed by atoms with van der Waals surface area (Å²) in [7, 11) is 0.127. The van der Waals surface area contributed by atoms with Crippen LogP contribution in [0, 0.1) is 0 Å². The Hall–Kier alpha value is -1.70. The summed E-state index contributed by atoms with van der Waals surface area (Å²) in [5, 5.41) is 2.88. The van der Waals surface area contributed by atoms with Crippen molar-refractivity contribution >= 4 is 21.4 Å². The second-order valence-corrected chi connectivity index (χ2v) is 7.51. The Morgan fingerprint density at radius 1 is 1.43 bits per heavy atom. The Labute approximate surface area is 125 Å². The first-order valence-electron chi connectivity index (χ1n) is 6.63. The van der Waals surface area contributed by atoms with Crippen molar-refractivity contribution in [1.29, 1.82) is 0 Å². The van der Waals surface area contributed by atoms with Crippen LogP contribution in [0.2, 0.25) is 0 Å². The second-order valence-electron chi connectivity index (χ2n) is 5.25. The van der Waals surface area contributed by atoms with E-state index in [1.807, 2.05) is 13.8 Å². The molecule has 0 bridgehead atoms. The van der Waals surface area contributed by atoms with Crippen molar-refractivity contribution in [1.82, 2.24) is 14.9 Å². The van der Waals surface area contributed by atoms with Crippen molar-refractivity contribution < 1.29 is 13.2 Å². The lowest BCUT2D eigenvalue weighted by molar-refractivity contribution is 0.0798. The maximum absolute atomic E-state index is 12.4. The molecule has 0 aliphatic heterocycles. The summed E-state index contributed by atoms with van der Waals surface area (Å²) in [5.74, 6) is 0.275. The molecule has 0 radical (unpaired) electrons. The first kappa shape index (κ1) is 17.4. The van der Waals surface area contributed by atoms with Crippen LogP contribution < -0.4 is 5.32 Å². The van der Waals surface area contributed by atoms with E-state index in [9.17, 15) is 13.2 Å². The van der Waals surface area contributed by atoms with Gasteiger partial charge < -0.3 is 10.2 Å². The molecule has 1 heterocycles. The number of rotatable bonds is 6. The van der Waals surface area contributed by atoms with Gasteiger partial charge in [-0.1, -0.05) is 13.8 Å². The van der Waals surface area contributed by atoms with Gasteiger partial charge in [-0.05, 0) is 0 Å². The summed E-state index contributed by atoms with van der Waals surface area (Å²) in [6.07, 6.45) is 2.71. The van der Waals surface area contributed by atoms with Crippen molar-refractivity contribution in [2.75, 3.05) is 38.0 Å².